The molecule has 0 aliphatic rings. The zero-order chi connectivity index (χ0) is 12.6. The lowest BCUT2D eigenvalue weighted by Gasteiger charge is -2.13. The molecular weight excluding hydrogens is 299 g/mol. The molecule has 1 aromatic heterocycles. The third kappa shape index (κ3) is 2.09. The minimum absolute atomic E-state index is 0.0278. The maximum absolute atomic E-state index is 12.8. The molecule has 0 saturated heterocycles. The number of halogens is 4. The van der Waals surface area contributed by atoms with Gasteiger partial charge in [0.25, 0.3) is 0 Å². The first-order valence-corrected chi connectivity index (χ1v) is 5.43. The van der Waals surface area contributed by atoms with Crippen molar-refractivity contribution in [3.8, 4) is 5.75 Å². The topological polar surface area (TPSA) is 22.1 Å². The van der Waals surface area contributed by atoms with Crippen molar-refractivity contribution >= 4 is 26.8 Å². The summed E-state index contributed by atoms with van der Waals surface area (Å²) in [6, 6.07) is 3.84. The van der Waals surface area contributed by atoms with Crippen molar-refractivity contribution in [2.45, 2.75) is 6.18 Å². The summed E-state index contributed by atoms with van der Waals surface area (Å²) in [4.78, 5) is 3.93. The first-order valence-electron chi connectivity index (χ1n) is 4.63. The fourth-order valence-corrected chi connectivity index (χ4v) is 2.19. The van der Waals surface area contributed by atoms with Gasteiger partial charge < -0.3 is 4.74 Å². The number of ether oxygens (including phenoxy) is 1. The molecular formula is C11H7BrF3NO. The summed E-state index contributed by atoms with van der Waals surface area (Å²) in [5.41, 5.74) is -0.537. The van der Waals surface area contributed by atoms with Gasteiger partial charge in [0.15, 0.2) is 5.75 Å². The Morgan fingerprint density at radius 3 is 2.65 bits per heavy atom. The summed E-state index contributed by atoms with van der Waals surface area (Å²) in [5.74, 6) is 0.300. The highest BCUT2D eigenvalue weighted by Crippen LogP contribution is 2.41. The smallest absolute Gasteiger partial charge is 0.417 e. The number of hydrogen-bond donors (Lipinski definition) is 0. The number of benzene rings is 1. The standard InChI is InChI=1S/C11H7BrF3NO/c1-17-10-8(12)5-7(11(13,14)15)6-3-2-4-16-9(6)10/h2-5H,1H3. The average molecular weight is 306 g/mol. The van der Waals surface area contributed by atoms with Crippen molar-refractivity contribution in [1.82, 2.24) is 4.98 Å². The van der Waals surface area contributed by atoms with Crippen molar-refractivity contribution in [1.29, 1.82) is 0 Å². The van der Waals surface area contributed by atoms with Crippen LogP contribution in [0.25, 0.3) is 10.9 Å². The molecule has 90 valence electrons. The zero-order valence-corrected chi connectivity index (χ0v) is 10.3. The highest BCUT2D eigenvalue weighted by molar-refractivity contribution is 9.10. The van der Waals surface area contributed by atoms with Crippen molar-refractivity contribution in [3.05, 3.63) is 34.4 Å². The third-order valence-corrected chi connectivity index (χ3v) is 2.90. The number of aromatic nitrogens is 1. The minimum atomic E-state index is -4.42. The Balaban J connectivity index is 2.89. The van der Waals surface area contributed by atoms with Crippen LogP contribution >= 0.6 is 15.9 Å². The summed E-state index contributed by atoms with van der Waals surface area (Å²) in [6.07, 6.45) is -2.99. The molecule has 0 unspecified atom stereocenters. The maximum atomic E-state index is 12.8. The Labute approximate surface area is 104 Å². The molecule has 0 aliphatic heterocycles. The van der Waals surface area contributed by atoms with E-state index < -0.39 is 11.7 Å². The molecule has 0 atom stereocenters. The van der Waals surface area contributed by atoms with Gasteiger partial charge in [-0.25, -0.2) is 0 Å². The Bertz CT molecular complexity index is 568. The summed E-state index contributed by atoms with van der Waals surface area (Å²) in [7, 11) is 1.39. The zero-order valence-electron chi connectivity index (χ0n) is 8.68. The number of hydrogen-bond acceptors (Lipinski definition) is 2. The predicted molar refractivity (Wildman–Crippen MR) is 61.0 cm³/mol. The highest BCUT2D eigenvalue weighted by atomic mass is 79.9. The molecule has 0 bridgehead atoms. The van der Waals surface area contributed by atoms with Gasteiger partial charge in [0.2, 0.25) is 0 Å². The quantitative estimate of drug-likeness (QED) is 0.794. The summed E-state index contributed by atoms with van der Waals surface area (Å²) < 4.78 is 43.8. The van der Waals surface area contributed by atoms with Crippen molar-refractivity contribution in [3.63, 3.8) is 0 Å². The number of pyridine rings is 1. The van der Waals surface area contributed by atoms with Crippen molar-refractivity contribution in [2.24, 2.45) is 0 Å². The van der Waals surface area contributed by atoms with Gasteiger partial charge in [-0.05, 0) is 28.1 Å². The van der Waals surface area contributed by atoms with Crippen LogP contribution in [0.1, 0.15) is 5.56 Å². The molecule has 0 amide bonds. The van der Waals surface area contributed by atoms with E-state index in [1.54, 1.807) is 0 Å². The SMILES string of the molecule is COc1c(Br)cc(C(F)(F)F)c2cccnc12. The van der Waals surface area contributed by atoms with Gasteiger partial charge in [-0.15, -0.1) is 0 Å². The fourth-order valence-electron chi connectivity index (χ4n) is 1.62. The van der Waals surface area contributed by atoms with E-state index in [0.717, 1.165) is 6.07 Å². The van der Waals surface area contributed by atoms with Crippen LogP contribution in [0.3, 0.4) is 0 Å². The molecule has 0 radical (unpaired) electrons. The number of nitrogens with zero attached hydrogens (tertiary/aromatic N) is 1. The Kier molecular flexibility index (Phi) is 2.99. The van der Waals surface area contributed by atoms with Crippen LogP contribution in [0.2, 0.25) is 0 Å². The largest absolute Gasteiger partial charge is 0.493 e. The van der Waals surface area contributed by atoms with Crippen LogP contribution in [-0.4, -0.2) is 12.1 Å². The monoisotopic (exact) mass is 305 g/mol. The lowest BCUT2D eigenvalue weighted by atomic mass is 10.1. The van der Waals surface area contributed by atoms with E-state index in [-0.39, 0.29) is 15.4 Å². The van der Waals surface area contributed by atoms with Gasteiger partial charge in [0.1, 0.15) is 5.52 Å². The number of alkyl halides is 3. The van der Waals surface area contributed by atoms with Crippen LogP contribution in [0.15, 0.2) is 28.9 Å². The molecule has 0 N–H and O–H groups in total. The van der Waals surface area contributed by atoms with Crippen LogP contribution in [0, 0.1) is 0 Å². The molecule has 0 fully saturated rings. The predicted octanol–water partition coefficient (Wildman–Crippen LogP) is 4.02. The maximum Gasteiger partial charge on any atom is 0.417 e. The van der Waals surface area contributed by atoms with E-state index in [4.69, 9.17) is 4.74 Å². The van der Waals surface area contributed by atoms with Crippen LogP contribution < -0.4 is 4.74 Å². The van der Waals surface area contributed by atoms with Gasteiger partial charge in [-0.2, -0.15) is 13.2 Å². The van der Waals surface area contributed by atoms with E-state index in [1.165, 1.54) is 25.4 Å². The van der Waals surface area contributed by atoms with Crippen LogP contribution in [0.4, 0.5) is 13.2 Å². The Morgan fingerprint density at radius 2 is 2.06 bits per heavy atom. The molecule has 17 heavy (non-hydrogen) atoms. The van der Waals surface area contributed by atoms with Gasteiger partial charge >= 0.3 is 6.18 Å². The number of methoxy groups -OCH3 is 1. The normalized spacial score (nSPS) is 11.8. The van der Waals surface area contributed by atoms with E-state index in [1.807, 2.05) is 0 Å². The molecule has 2 nitrogen and oxygen atoms in total. The number of rotatable bonds is 1. The molecule has 6 heteroatoms. The first-order chi connectivity index (χ1) is 7.95. The van der Waals surface area contributed by atoms with E-state index >= 15 is 0 Å². The van der Waals surface area contributed by atoms with Gasteiger partial charge in [0, 0.05) is 11.6 Å². The Hall–Kier alpha value is -1.30. The van der Waals surface area contributed by atoms with Crippen LogP contribution in [0.5, 0.6) is 5.75 Å². The lowest BCUT2D eigenvalue weighted by Crippen LogP contribution is -2.07. The summed E-state index contributed by atoms with van der Waals surface area (Å²) in [6.45, 7) is 0. The van der Waals surface area contributed by atoms with E-state index in [2.05, 4.69) is 20.9 Å². The number of fused-ring (bicyclic) bond motifs is 1. The molecule has 1 aromatic carbocycles. The minimum Gasteiger partial charge on any atom is -0.493 e. The average Bonchev–Trinajstić information content (AvgIpc) is 2.27. The second kappa shape index (κ2) is 4.18. The van der Waals surface area contributed by atoms with Gasteiger partial charge in [-0.1, -0.05) is 6.07 Å². The third-order valence-electron chi connectivity index (χ3n) is 2.31. The van der Waals surface area contributed by atoms with Gasteiger partial charge in [0.05, 0.1) is 17.1 Å². The molecule has 0 aliphatic carbocycles. The van der Waals surface area contributed by atoms with Crippen molar-refractivity contribution in [2.75, 3.05) is 7.11 Å². The van der Waals surface area contributed by atoms with Crippen LogP contribution in [-0.2, 0) is 6.18 Å². The second-order valence-electron chi connectivity index (χ2n) is 3.34. The molecule has 2 rings (SSSR count). The molecule has 2 aromatic rings. The molecule has 0 saturated carbocycles. The van der Waals surface area contributed by atoms with E-state index in [0.29, 0.717) is 5.75 Å². The summed E-state index contributed by atoms with van der Waals surface area (Å²) in [5, 5.41) is 0.0278. The highest BCUT2D eigenvalue weighted by Gasteiger charge is 2.34. The second-order valence-corrected chi connectivity index (χ2v) is 4.19. The molecule has 0 spiro atoms. The van der Waals surface area contributed by atoms with Gasteiger partial charge in [-0.3, -0.25) is 4.98 Å². The Morgan fingerprint density at radius 1 is 1.35 bits per heavy atom. The lowest BCUT2D eigenvalue weighted by molar-refractivity contribution is -0.136. The first kappa shape index (κ1) is 12.2. The summed E-state index contributed by atoms with van der Waals surface area (Å²) >= 11 is 3.06. The fraction of sp³-hybridized carbons (Fsp3) is 0.182. The van der Waals surface area contributed by atoms with E-state index in [9.17, 15) is 13.2 Å². The molecule has 1 heterocycles. The van der Waals surface area contributed by atoms with Crippen molar-refractivity contribution < 1.29 is 17.9 Å².